The summed E-state index contributed by atoms with van der Waals surface area (Å²) in [4.78, 5) is 0. The van der Waals surface area contributed by atoms with E-state index in [1.807, 2.05) is 0 Å². The highest BCUT2D eigenvalue weighted by atomic mass is 32.1. The molecule has 0 radical (unpaired) electrons. The molecule has 0 aliphatic rings. The van der Waals surface area contributed by atoms with E-state index in [-0.39, 0.29) is 19.0 Å². The lowest BCUT2D eigenvalue weighted by atomic mass is 13.0. The van der Waals surface area contributed by atoms with Gasteiger partial charge in [-0.2, -0.15) is 13.5 Å². The smallest absolute Gasteiger partial charge is 0.197 e. The quantitative estimate of drug-likeness (QED) is 0.265. The van der Waals surface area contributed by atoms with Gasteiger partial charge in [0.1, 0.15) is 0 Å². The van der Waals surface area contributed by atoms with E-state index in [0.717, 1.165) is 0 Å². The van der Waals surface area contributed by atoms with Crippen molar-refractivity contribution in [3.63, 3.8) is 0 Å². The highest BCUT2D eigenvalue weighted by molar-refractivity contribution is 7.59. The molecule has 0 bridgehead atoms. The largest absolute Gasteiger partial charge is 0.412 e. The fourth-order valence-corrected chi connectivity index (χ4v) is 0. The Morgan fingerprint density at radius 2 is 1.00 bits per heavy atom. The van der Waals surface area contributed by atoms with E-state index >= 15 is 0 Å². The maximum atomic E-state index is 4.00. The topological polar surface area (TPSA) is 83.5 Å². The van der Waals surface area contributed by atoms with Gasteiger partial charge in [0.2, 0.25) is 0 Å². The van der Waals surface area contributed by atoms with Gasteiger partial charge < -0.3 is 5.48 Å². The first-order chi connectivity index (χ1) is 1.00. The Hall–Kier alpha value is 0.230. The average Bonchev–Trinajstić information content (AvgIpc) is 1.00. The predicted octanol–water partition coefficient (Wildman–Crippen LogP) is -1.89. The summed E-state index contributed by atoms with van der Waals surface area (Å²) in [7, 11) is 0. The summed E-state index contributed by atoms with van der Waals surface area (Å²) in [5, 5.41) is 0. The molecule has 0 unspecified atom stereocenters. The Kier molecular flexibility index (Phi) is 2210. The van der Waals surface area contributed by atoms with Crippen LogP contribution in [0.3, 0.4) is 0 Å². The summed E-state index contributed by atoms with van der Waals surface area (Å²) in [6.07, 6.45) is 0. The molecule has 3 nitrogen and oxygen atoms in total. The molecule has 0 aromatic rings. The van der Waals surface area contributed by atoms with Crippen molar-refractivity contribution in [1.29, 1.82) is 0 Å². The van der Waals surface area contributed by atoms with Gasteiger partial charge in [-0.3, -0.25) is 11.7 Å². The standard InChI is InChI=1S/H4N2.H2O.H2S/c1-2;;/h1-2H2;2*1H2. The SMILES string of the molecule is NN.O.S. The summed E-state index contributed by atoms with van der Waals surface area (Å²) in [6.45, 7) is 0. The van der Waals surface area contributed by atoms with Crippen LogP contribution < -0.4 is 11.7 Å². The van der Waals surface area contributed by atoms with Crippen molar-refractivity contribution in [2.45, 2.75) is 0 Å². The summed E-state index contributed by atoms with van der Waals surface area (Å²) in [6, 6.07) is 0. The Balaban J connectivity index is -0.00000000500. The lowest BCUT2D eigenvalue weighted by Gasteiger charge is -1.27. The van der Waals surface area contributed by atoms with Crippen LogP contribution in [0.4, 0.5) is 0 Å². The van der Waals surface area contributed by atoms with Crippen LogP contribution in [-0.4, -0.2) is 5.48 Å². The van der Waals surface area contributed by atoms with Crippen molar-refractivity contribution >= 4 is 13.5 Å². The normalized spacial score (nSPS) is 1.50. The van der Waals surface area contributed by atoms with Crippen LogP contribution in [0.15, 0.2) is 0 Å². The van der Waals surface area contributed by atoms with Crippen molar-refractivity contribution in [2.75, 3.05) is 0 Å². The Labute approximate surface area is 31.7 Å². The third-order valence-electron chi connectivity index (χ3n) is 0. The molecule has 0 aromatic carbocycles. The minimum Gasteiger partial charge on any atom is -0.412 e. The molecule has 0 heterocycles. The van der Waals surface area contributed by atoms with Gasteiger partial charge in [0.05, 0.1) is 0 Å². The third kappa shape index (κ3) is 63.8. The molecule has 30 valence electrons. The predicted molar refractivity (Wildman–Crippen MR) is 22.4 cm³/mol. The molecule has 0 aromatic heterocycles. The van der Waals surface area contributed by atoms with E-state index in [0.29, 0.717) is 0 Å². The van der Waals surface area contributed by atoms with E-state index in [1.165, 1.54) is 0 Å². The molecular formula is H8N2OS. The second-order valence-electron chi connectivity index (χ2n) is 0. The Morgan fingerprint density at radius 3 is 1.00 bits per heavy atom. The van der Waals surface area contributed by atoms with E-state index < -0.39 is 0 Å². The van der Waals surface area contributed by atoms with Crippen molar-refractivity contribution in [3.8, 4) is 0 Å². The van der Waals surface area contributed by atoms with Gasteiger partial charge >= 0.3 is 0 Å². The number of rotatable bonds is 0. The fraction of sp³-hybridized carbons (Fsp3) is 0. The maximum absolute atomic E-state index is 4.00. The van der Waals surface area contributed by atoms with Gasteiger partial charge in [0, 0.05) is 0 Å². The molecule has 4 heavy (non-hydrogen) atoms. The third-order valence-corrected chi connectivity index (χ3v) is 0. The van der Waals surface area contributed by atoms with Gasteiger partial charge in [-0.05, 0) is 0 Å². The summed E-state index contributed by atoms with van der Waals surface area (Å²) < 4.78 is 0. The lowest BCUT2D eigenvalue weighted by Crippen LogP contribution is -2.02. The van der Waals surface area contributed by atoms with E-state index in [2.05, 4.69) is 11.7 Å². The van der Waals surface area contributed by atoms with E-state index in [1.54, 1.807) is 0 Å². The highest BCUT2D eigenvalue weighted by Gasteiger charge is 0.726. The zero-order chi connectivity index (χ0) is 2.00. The first kappa shape index (κ1) is 29.2. The van der Waals surface area contributed by atoms with Gasteiger partial charge in [-0.25, -0.2) is 0 Å². The minimum absolute atomic E-state index is 0. The zero-order valence-corrected chi connectivity index (χ0v) is 3.15. The highest BCUT2D eigenvalue weighted by Crippen LogP contribution is 0.648. The monoisotopic (exact) mass is 84.0 g/mol. The fourth-order valence-electron chi connectivity index (χ4n) is 0. The summed E-state index contributed by atoms with van der Waals surface area (Å²) >= 11 is 0. The van der Waals surface area contributed by atoms with Gasteiger partial charge in [0.25, 0.3) is 0 Å². The molecule has 0 spiro atoms. The lowest BCUT2D eigenvalue weighted by molar-refractivity contribution is 0.824. The van der Waals surface area contributed by atoms with Crippen LogP contribution in [0.2, 0.25) is 0 Å². The van der Waals surface area contributed by atoms with E-state index in [4.69, 9.17) is 0 Å². The van der Waals surface area contributed by atoms with Crippen LogP contribution in [0.5, 0.6) is 0 Å². The second kappa shape index (κ2) is 304. The maximum Gasteiger partial charge on any atom is -0.197 e. The first-order valence-electron chi connectivity index (χ1n) is 0.333. The molecule has 0 amide bonds. The van der Waals surface area contributed by atoms with Crippen molar-refractivity contribution in [2.24, 2.45) is 11.7 Å². The molecule has 6 N–H and O–H groups in total. The van der Waals surface area contributed by atoms with Crippen LogP contribution in [0.1, 0.15) is 0 Å². The van der Waals surface area contributed by atoms with Crippen molar-refractivity contribution in [1.82, 2.24) is 0 Å². The van der Waals surface area contributed by atoms with Gasteiger partial charge in [-0.15, -0.1) is 0 Å². The van der Waals surface area contributed by atoms with E-state index in [9.17, 15) is 0 Å². The number of hydrogen-bond acceptors (Lipinski definition) is 2. The van der Waals surface area contributed by atoms with Gasteiger partial charge in [-0.1, -0.05) is 0 Å². The molecule has 0 rings (SSSR count). The average molecular weight is 84.1 g/mol. The second-order valence-corrected chi connectivity index (χ2v) is 0. The molecule has 4 heteroatoms. The first-order valence-corrected chi connectivity index (χ1v) is 0.333. The minimum atomic E-state index is 0. The molecule has 0 fully saturated rings. The number of hydrazine groups is 1. The zero-order valence-electron chi connectivity index (χ0n) is 2.15. The summed E-state index contributed by atoms with van der Waals surface area (Å²) in [5.74, 6) is 8.00. The number of nitrogens with two attached hydrogens (primary N) is 2. The van der Waals surface area contributed by atoms with Crippen LogP contribution in [0.25, 0.3) is 0 Å². The van der Waals surface area contributed by atoms with Gasteiger partial charge in [0.15, 0.2) is 0 Å². The van der Waals surface area contributed by atoms with Crippen molar-refractivity contribution < 1.29 is 5.48 Å². The molecular weight excluding hydrogens is 76.1 g/mol. The van der Waals surface area contributed by atoms with Crippen LogP contribution >= 0.6 is 13.5 Å². The summed E-state index contributed by atoms with van der Waals surface area (Å²) in [5.41, 5.74) is 0. The van der Waals surface area contributed by atoms with Crippen LogP contribution in [-0.2, 0) is 0 Å². The molecule has 0 saturated carbocycles. The molecule has 0 atom stereocenters. The Morgan fingerprint density at radius 1 is 1.00 bits per heavy atom. The van der Waals surface area contributed by atoms with Crippen molar-refractivity contribution in [3.05, 3.63) is 0 Å². The Bertz CT molecular complexity index is 6.00. The molecule has 0 aliphatic heterocycles. The molecule has 0 aliphatic carbocycles. The van der Waals surface area contributed by atoms with Crippen LogP contribution in [0, 0.1) is 0 Å². The molecule has 0 saturated heterocycles. The number of hydrogen-bond donors (Lipinski definition) is 2.